The van der Waals surface area contributed by atoms with Gasteiger partial charge in [-0.05, 0) is 25.3 Å². The molecule has 94 valence electrons. The van der Waals surface area contributed by atoms with E-state index < -0.39 is 6.17 Å². The van der Waals surface area contributed by atoms with Crippen molar-refractivity contribution in [3.8, 4) is 5.88 Å². The third kappa shape index (κ3) is 4.30. The van der Waals surface area contributed by atoms with E-state index in [-0.39, 0.29) is 0 Å². The van der Waals surface area contributed by atoms with Gasteiger partial charge in [0.1, 0.15) is 6.17 Å². The van der Waals surface area contributed by atoms with Crippen LogP contribution in [0.25, 0.3) is 0 Å². The minimum Gasteiger partial charge on any atom is -0.478 e. The Morgan fingerprint density at radius 1 is 1.35 bits per heavy atom. The smallest absolute Gasteiger partial charge is 0.213 e. The van der Waals surface area contributed by atoms with E-state index >= 15 is 0 Å². The molecule has 17 heavy (non-hydrogen) atoms. The summed E-state index contributed by atoms with van der Waals surface area (Å²) in [7, 11) is 0. The van der Waals surface area contributed by atoms with Gasteiger partial charge in [-0.15, -0.1) is 0 Å². The van der Waals surface area contributed by atoms with Crippen LogP contribution in [-0.4, -0.2) is 42.3 Å². The quantitative estimate of drug-likeness (QED) is 0.736. The van der Waals surface area contributed by atoms with Gasteiger partial charge >= 0.3 is 0 Å². The number of halogens is 1. The summed E-state index contributed by atoms with van der Waals surface area (Å²) in [5.74, 6) is 0.676. The van der Waals surface area contributed by atoms with Crippen molar-refractivity contribution >= 4 is 0 Å². The molecule has 1 aliphatic rings. The van der Waals surface area contributed by atoms with Crippen LogP contribution in [-0.2, 0) is 0 Å². The molecule has 0 N–H and O–H groups in total. The highest BCUT2D eigenvalue weighted by molar-refractivity contribution is 5.08. The lowest BCUT2D eigenvalue weighted by Gasteiger charge is -2.28. The summed E-state index contributed by atoms with van der Waals surface area (Å²) >= 11 is 0. The molecule has 0 radical (unpaired) electrons. The van der Waals surface area contributed by atoms with Crippen molar-refractivity contribution in [1.82, 2.24) is 9.88 Å². The predicted octanol–water partition coefficient (Wildman–Crippen LogP) is 2.28. The minimum atomic E-state index is -0.587. The second-order valence-electron chi connectivity index (χ2n) is 4.39. The summed E-state index contributed by atoms with van der Waals surface area (Å²) in [5.41, 5.74) is 0. The van der Waals surface area contributed by atoms with Crippen molar-refractivity contribution in [2.24, 2.45) is 0 Å². The number of aromatic nitrogens is 1. The Hall–Kier alpha value is -1.16. The average molecular weight is 238 g/mol. The van der Waals surface area contributed by atoms with Crippen LogP contribution < -0.4 is 4.74 Å². The summed E-state index contributed by atoms with van der Waals surface area (Å²) in [6, 6.07) is 5.64. The molecule has 1 fully saturated rings. The molecule has 0 amide bonds. The number of hydrogen-bond donors (Lipinski definition) is 0. The molecule has 1 aliphatic heterocycles. The molecule has 0 spiro atoms. The molecule has 1 aromatic heterocycles. The Morgan fingerprint density at radius 2 is 2.18 bits per heavy atom. The van der Waals surface area contributed by atoms with Gasteiger partial charge in [0.05, 0.1) is 6.61 Å². The topological polar surface area (TPSA) is 25.4 Å². The Bertz CT molecular complexity index is 312. The molecule has 1 saturated heterocycles. The Kier molecular flexibility index (Phi) is 4.74. The van der Waals surface area contributed by atoms with Gasteiger partial charge in [0.25, 0.3) is 0 Å². The normalized spacial score (nSPS) is 18.2. The Morgan fingerprint density at radius 3 is 2.88 bits per heavy atom. The number of hydrogen-bond acceptors (Lipinski definition) is 3. The van der Waals surface area contributed by atoms with Gasteiger partial charge < -0.3 is 9.64 Å². The summed E-state index contributed by atoms with van der Waals surface area (Å²) in [4.78, 5) is 6.39. The predicted molar refractivity (Wildman–Crippen MR) is 64.9 cm³/mol. The van der Waals surface area contributed by atoms with E-state index in [1.54, 1.807) is 6.20 Å². The molecule has 1 aromatic rings. The first kappa shape index (κ1) is 12.3. The van der Waals surface area contributed by atoms with Gasteiger partial charge in [0, 0.05) is 31.9 Å². The molecule has 2 heterocycles. The van der Waals surface area contributed by atoms with E-state index in [0.29, 0.717) is 25.3 Å². The van der Waals surface area contributed by atoms with Gasteiger partial charge in [-0.25, -0.2) is 9.37 Å². The fourth-order valence-corrected chi connectivity index (χ4v) is 2.02. The largest absolute Gasteiger partial charge is 0.478 e. The lowest BCUT2D eigenvalue weighted by Crippen LogP contribution is -2.35. The van der Waals surface area contributed by atoms with Crippen molar-refractivity contribution < 1.29 is 9.13 Å². The average Bonchev–Trinajstić information content (AvgIpc) is 2.38. The molecule has 2 rings (SSSR count). The van der Waals surface area contributed by atoms with Gasteiger partial charge in [0.2, 0.25) is 5.88 Å². The SMILES string of the molecule is FC1CCN(CCCOc2ccccn2)CC1. The van der Waals surface area contributed by atoms with Crippen LogP contribution in [0.4, 0.5) is 4.39 Å². The van der Waals surface area contributed by atoms with E-state index in [0.717, 1.165) is 26.1 Å². The van der Waals surface area contributed by atoms with Crippen LogP contribution in [0.1, 0.15) is 19.3 Å². The van der Waals surface area contributed by atoms with Crippen molar-refractivity contribution in [3.63, 3.8) is 0 Å². The van der Waals surface area contributed by atoms with E-state index in [4.69, 9.17) is 4.74 Å². The van der Waals surface area contributed by atoms with Crippen LogP contribution in [0.15, 0.2) is 24.4 Å². The van der Waals surface area contributed by atoms with E-state index in [9.17, 15) is 4.39 Å². The molecular weight excluding hydrogens is 219 g/mol. The number of likely N-dealkylation sites (tertiary alicyclic amines) is 1. The summed E-state index contributed by atoms with van der Waals surface area (Å²) < 4.78 is 18.4. The Balaban J connectivity index is 1.57. The lowest BCUT2D eigenvalue weighted by atomic mass is 10.1. The number of alkyl halides is 1. The maximum absolute atomic E-state index is 12.9. The molecule has 0 atom stereocenters. The monoisotopic (exact) mass is 238 g/mol. The van der Waals surface area contributed by atoms with Gasteiger partial charge in [0.15, 0.2) is 0 Å². The van der Waals surface area contributed by atoms with Crippen molar-refractivity contribution in [2.45, 2.75) is 25.4 Å². The maximum atomic E-state index is 12.9. The molecule has 0 bridgehead atoms. The zero-order valence-electron chi connectivity index (χ0n) is 10.0. The van der Waals surface area contributed by atoms with Crippen LogP contribution in [0.5, 0.6) is 5.88 Å². The van der Waals surface area contributed by atoms with Crippen molar-refractivity contribution in [3.05, 3.63) is 24.4 Å². The minimum absolute atomic E-state index is 0.587. The highest BCUT2D eigenvalue weighted by atomic mass is 19.1. The zero-order valence-corrected chi connectivity index (χ0v) is 10.0. The number of ether oxygens (including phenoxy) is 1. The van der Waals surface area contributed by atoms with Crippen LogP contribution in [0.2, 0.25) is 0 Å². The molecule has 3 nitrogen and oxygen atoms in total. The van der Waals surface area contributed by atoms with Crippen LogP contribution in [0, 0.1) is 0 Å². The number of pyridine rings is 1. The molecule has 4 heteroatoms. The number of rotatable bonds is 5. The maximum Gasteiger partial charge on any atom is 0.213 e. The molecule has 0 aromatic carbocycles. The van der Waals surface area contributed by atoms with Gasteiger partial charge in [-0.3, -0.25) is 0 Å². The first-order valence-corrected chi connectivity index (χ1v) is 6.25. The standard InChI is InChI=1S/C13H19FN2O/c14-12-5-9-16(10-6-12)8-3-11-17-13-4-1-2-7-15-13/h1-2,4,7,12H,3,5-6,8-11H2. The van der Waals surface area contributed by atoms with E-state index in [2.05, 4.69) is 9.88 Å². The summed E-state index contributed by atoms with van der Waals surface area (Å²) in [5, 5.41) is 0. The Labute approximate surface area is 102 Å². The lowest BCUT2D eigenvalue weighted by molar-refractivity contribution is 0.142. The summed E-state index contributed by atoms with van der Waals surface area (Å²) in [6.07, 6.45) is 3.47. The third-order valence-electron chi connectivity index (χ3n) is 3.02. The molecule has 0 unspecified atom stereocenters. The molecule has 0 aliphatic carbocycles. The second kappa shape index (κ2) is 6.55. The highest BCUT2D eigenvalue weighted by Gasteiger charge is 2.17. The molecule has 0 saturated carbocycles. The molecular formula is C13H19FN2O. The van der Waals surface area contributed by atoms with Gasteiger partial charge in [-0.2, -0.15) is 0 Å². The van der Waals surface area contributed by atoms with Crippen molar-refractivity contribution in [2.75, 3.05) is 26.2 Å². The summed E-state index contributed by atoms with van der Waals surface area (Å²) in [6.45, 7) is 3.42. The number of nitrogens with zero attached hydrogens (tertiary/aromatic N) is 2. The van der Waals surface area contributed by atoms with Crippen LogP contribution in [0.3, 0.4) is 0 Å². The van der Waals surface area contributed by atoms with E-state index in [1.165, 1.54) is 0 Å². The van der Waals surface area contributed by atoms with E-state index in [1.807, 2.05) is 18.2 Å². The van der Waals surface area contributed by atoms with Crippen molar-refractivity contribution in [1.29, 1.82) is 0 Å². The first-order chi connectivity index (χ1) is 8.34. The zero-order chi connectivity index (χ0) is 11.9. The fourth-order valence-electron chi connectivity index (χ4n) is 2.02. The van der Waals surface area contributed by atoms with Crippen LogP contribution >= 0.6 is 0 Å². The first-order valence-electron chi connectivity index (χ1n) is 6.25. The highest BCUT2D eigenvalue weighted by Crippen LogP contribution is 2.13. The third-order valence-corrected chi connectivity index (χ3v) is 3.02. The second-order valence-corrected chi connectivity index (χ2v) is 4.39. The van der Waals surface area contributed by atoms with Gasteiger partial charge in [-0.1, -0.05) is 6.07 Å². The number of piperidine rings is 1. The fraction of sp³-hybridized carbons (Fsp3) is 0.615.